The standard InChI is InChI=1S/C16H28N4O2/c1-11(2)9-14(21)19-8-6-7-13(10-19)15-17-18(5)16(22)20(15)12(3)4/h11-13H,6-10H2,1-5H3. The number of rotatable bonds is 4. The Labute approximate surface area is 132 Å². The molecule has 6 nitrogen and oxygen atoms in total. The fourth-order valence-electron chi connectivity index (χ4n) is 3.16. The summed E-state index contributed by atoms with van der Waals surface area (Å²) in [5, 5.41) is 4.44. The van der Waals surface area contributed by atoms with Gasteiger partial charge in [-0.25, -0.2) is 9.48 Å². The lowest BCUT2D eigenvalue weighted by Crippen LogP contribution is -2.40. The van der Waals surface area contributed by atoms with Gasteiger partial charge in [-0.2, -0.15) is 5.10 Å². The van der Waals surface area contributed by atoms with Gasteiger partial charge in [-0.15, -0.1) is 0 Å². The lowest BCUT2D eigenvalue weighted by atomic mass is 9.96. The van der Waals surface area contributed by atoms with E-state index in [4.69, 9.17) is 0 Å². The molecule has 0 bridgehead atoms. The Morgan fingerprint density at radius 3 is 2.59 bits per heavy atom. The fourth-order valence-corrected chi connectivity index (χ4v) is 3.16. The van der Waals surface area contributed by atoms with E-state index in [1.54, 1.807) is 11.6 Å². The molecule has 1 saturated heterocycles. The van der Waals surface area contributed by atoms with Crippen molar-refractivity contribution in [3.63, 3.8) is 0 Å². The molecule has 1 atom stereocenters. The third-order valence-corrected chi connectivity index (χ3v) is 4.22. The van der Waals surface area contributed by atoms with Crippen LogP contribution in [0, 0.1) is 5.92 Å². The molecule has 22 heavy (non-hydrogen) atoms. The number of hydrogen-bond donors (Lipinski definition) is 0. The van der Waals surface area contributed by atoms with Gasteiger partial charge in [0.05, 0.1) is 0 Å². The molecular formula is C16H28N4O2. The van der Waals surface area contributed by atoms with Gasteiger partial charge in [0.25, 0.3) is 0 Å². The monoisotopic (exact) mass is 308 g/mol. The highest BCUT2D eigenvalue weighted by atomic mass is 16.2. The van der Waals surface area contributed by atoms with Crippen molar-refractivity contribution in [2.24, 2.45) is 13.0 Å². The number of piperidine rings is 1. The maximum absolute atomic E-state index is 12.3. The zero-order chi connectivity index (χ0) is 16.4. The number of carbonyl (C=O) groups excluding carboxylic acids is 1. The molecule has 2 heterocycles. The van der Waals surface area contributed by atoms with E-state index in [9.17, 15) is 9.59 Å². The summed E-state index contributed by atoms with van der Waals surface area (Å²) in [7, 11) is 1.69. The predicted molar refractivity (Wildman–Crippen MR) is 85.9 cm³/mol. The number of aromatic nitrogens is 3. The second-order valence-electron chi connectivity index (χ2n) is 7.01. The average molecular weight is 308 g/mol. The molecule has 0 radical (unpaired) electrons. The van der Waals surface area contributed by atoms with Crippen LogP contribution in [0.3, 0.4) is 0 Å². The maximum atomic E-state index is 12.3. The third kappa shape index (κ3) is 3.42. The minimum absolute atomic E-state index is 0.0735. The van der Waals surface area contributed by atoms with Gasteiger partial charge in [0, 0.05) is 38.5 Å². The van der Waals surface area contributed by atoms with Crippen molar-refractivity contribution in [2.75, 3.05) is 13.1 Å². The highest BCUT2D eigenvalue weighted by Crippen LogP contribution is 2.27. The van der Waals surface area contributed by atoms with Crippen LogP contribution in [0.4, 0.5) is 0 Å². The summed E-state index contributed by atoms with van der Waals surface area (Å²) in [6, 6.07) is 0.0814. The summed E-state index contributed by atoms with van der Waals surface area (Å²) >= 11 is 0. The number of aryl methyl sites for hydroxylation is 1. The molecule has 1 aliphatic heterocycles. The van der Waals surface area contributed by atoms with E-state index in [0.29, 0.717) is 18.9 Å². The highest BCUT2D eigenvalue weighted by molar-refractivity contribution is 5.76. The van der Waals surface area contributed by atoms with E-state index in [0.717, 1.165) is 25.2 Å². The molecule has 2 rings (SSSR count). The van der Waals surface area contributed by atoms with Gasteiger partial charge >= 0.3 is 5.69 Å². The van der Waals surface area contributed by atoms with Crippen LogP contribution in [0.25, 0.3) is 0 Å². The lowest BCUT2D eigenvalue weighted by Gasteiger charge is -2.33. The summed E-state index contributed by atoms with van der Waals surface area (Å²) < 4.78 is 3.17. The Bertz CT molecular complexity index is 585. The summed E-state index contributed by atoms with van der Waals surface area (Å²) in [5.74, 6) is 1.57. The van der Waals surface area contributed by atoms with Crippen LogP contribution in [-0.4, -0.2) is 38.2 Å². The van der Waals surface area contributed by atoms with Crippen molar-refractivity contribution in [3.8, 4) is 0 Å². The average Bonchev–Trinajstić information content (AvgIpc) is 2.74. The van der Waals surface area contributed by atoms with E-state index >= 15 is 0 Å². The van der Waals surface area contributed by atoms with Gasteiger partial charge in [0.15, 0.2) is 0 Å². The Morgan fingerprint density at radius 2 is 2.00 bits per heavy atom. The van der Waals surface area contributed by atoms with E-state index in [-0.39, 0.29) is 23.6 Å². The van der Waals surface area contributed by atoms with E-state index in [2.05, 4.69) is 18.9 Å². The minimum Gasteiger partial charge on any atom is -0.342 e. The van der Waals surface area contributed by atoms with Gasteiger partial charge in [0.1, 0.15) is 5.82 Å². The molecule has 6 heteroatoms. The first-order chi connectivity index (χ1) is 10.3. The number of amides is 1. The predicted octanol–water partition coefficient (Wildman–Crippen LogP) is 1.91. The second-order valence-corrected chi connectivity index (χ2v) is 7.01. The molecule has 0 aliphatic carbocycles. The minimum atomic E-state index is -0.0735. The number of nitrogens with zero attached hydrogens (tertiary/aromatic N) is 4. The number of hydrogen-bond acceptors (Lipinski definition) is 3. The Morgan fingerprint density at radius 1 is 1.32 bits per heavy atom. The van der Waals surface area contributed by atoms with Gasteiger partial charge in [-0.1, -0.05) is 13.8 Å². The fraction of sp³-hybridized carbons (Fsp3) is 0.812. The molecule has 0 N–H and O–H groups in total. The van der Waals surface area contributed by atoms with E-state index in [1.807, 2.05) is 18.7 Å². The molecule has 1 aromatic heterocycles. The van der Waals surface area contributed by atoms with Crippen LogP contribution in [0.2, 0.25) is 0 Å². The zero-order valence-corrected chi connectivity index (χ0v) is 14.4. The van der Waals surface area contributed by atoms with Gasteiger partial charge < -0.3 is 4.90 Å². The SMILES string of the molecule is CC(C)CC(=O)N1CCCC(c2nn(C)c(=O)n2C(C)C)C1. The Kier molecular flexibility index (Phi) is 5.08. The van der Waals surface area contributed by atoms with E-state index in [1.165, 1.54) is 4.68 Å². The first-order valence-corrected chi connectivity index (χ1v) is 8.24. The summed E-state index contributed by atoms with van der Waals surface area (Å²) in [6.45, 7) is 9.62. The molecule has 1 aromatic rings. The lowest BCUT2D eigenvalue weighted by molar-refractivity contribution is -0.133. The second kappa shape index (κ2) is 6.67. The van der Waals surface area contributed by atoms with Crippen molar-refractivity contribution >= 4 is 5.91 Å². The molecular weight excluding hydrogens is 280 g/mol. The first-order valence-electron chi connectivity index (χ1n) is 8.24. The van der Waals surface area contributed by atoms with Crippen molar-refractivity contribution in [1.29, 1.82) is 0 Å². The molecule has 1 fully saturated rings. The smallest absolute Gasteiger partial charge is 0.342 e. The molecule has 0 saturated carbocycles. The number of likely N-dealkylation sites (tertiary alicyclic amines) is 1. The van der Waals surface area contributed by atoms with Crippen molar-refractivity contribution in [2.45, 2.75) is 58.9 Å². The Balaban J connectivity index is 2.21. The van der Waals surface area contributed by atoms with E-state index < -0.39 is 0 Å². The summed E-state index contributed by atoms with van der Waals surface area (Å²) in [5.41, 5.74) is -0.0735. The molecule has 1 amide bonds. The maximum Gasteiger partial charge on any atom is 0.345 e. The van der Waals surface area contributed by atoms with Crippen molar-refractivity contribution < 1.29 is 4.79 Å². The molecule has 1 aliphatic rings. The third-order valence-electron chi connectivity index (χ3n) is 4.22. The first kappa shape index (κ1) is 16.8. The Hall–Kier alpha value is -1.59. The van der Waals surface area contributed by atoms with Crippen molar-refractivity contribution in [1.82, 2.24) is 19.2 Å². The number of carbonyl (C=O) groups is 1. The van der Waals surface area contributed by atoms with Crippen LogP contribution in [-0.2, 0) is 11.8 Å². The van der Waals surface area contributed by atoms with Crippen molar-refractivity contribution in [3.05, 3.63) is 16.3 Å². The van der Waals surface area contributed by atoms with Gasteiger partial charge in [-0.3, -0.25) is 9.36 Å². The van der Waals surface area contributed by atoms with Crippen LogP contribution in [0.5, 0.6) is 0 Å². The van der Waals surface area contributed by atoms with Gasteiger partial charge in [0.2, 0.25) is 5.91 Å². The van der Waals surface area contributed by atoms with Crippen LogP contribution in [0.1, 0.15) is 64.7 Å². The molecule has 1 unspecified atom stereocenters. The van der Waals surface area contributed by atoms with Crippen LogP contribution < -0.4 is 5.69 Å². The normalized spacial score (nSPS) is 19.2. The summed E-state index contributed by atoms with van der Waals surface area (Å²) in [4.78, 5) is 26.5. The highest BCUT2D eigenvalue weighted by Gasteiger charge is 2.29. The quantitative estimate of drug-likeness (QED) is 0.853. The van der Waals surface area contributed by atoms with Gasteiger partial charge in [-0.05, 0) is 32.6 Å². The summed E-state index contributed by atoms with van der Waals surface area (Å²) in [6.07, 6.45) is 2.54. The molecule has 124 valence electrons. The topological polar surface area (TPSA) is 60.1 Å². The zero-order valence-electron chi connectivity index (χ0n) is 14.4. The molecule has 0 spiro atoms. The van der Waals surface area contributed by atoms with Crippen LogP contribution >= 0.6 is 0 Å². The molecule has 0 aromatic carbocycles. The largest absolute Gasteiger partial charge is 0.345 e. The van der Waals surface area contributed by atoms with Crippen LogP contribution in [0.15, 0.2) is 4.79 Å².